The highest BCUT2D eigenvalue weighted by Crippen LogP contribution is 2.25. The lowest BCUT2D eigenvalue weighted by Gasteiger charge is -2.09. The first-order valence-corrected chi connectivity index (χ1v) is 11.5. The number of non-ortho nitro benzene ring substituents is 1. The van der Waals surface area contributed by atoms with E-state index in [0.717, 1.165) is 23.0 Å². The fourth-order valence-corrected chi connectivity index (χ4v) is 4.21. The smallest absolute Gasteiger partial charge is 0.270 e. The first kappa shape index (κ1) is 22.9. The van der Waals surface area contributed by atoms with E-state index in [9.17, 15) is 18.5 Å². The summed E-state index contributed by atoms with van der Waals surface area (Å²) in [6.45, 7) is 5.87. The van der Waals surface area contributed by atoms with Gasteiger partial charge in [0.25, 0.3) is 15.7 Å². The lowest BCUT2D eigenvalue weighted by molar-refractivity contribution is -0.385. The SMILES string of the molecule is Cc1nn(-c2ccc(Oc3ccc(NS(=O)(=O)c4cccc([N+](=O)[O-])c4)cc3)nn2)c(C)c1C. The minimum atomic E-state index is -4.00. The van der Waals surface area contributed by atoms with Crippen LogP contribution in [0.15, 0.2) is 65.6 Å². The molecule has 4 aromatic rings. The van der Waals surface area contributed by atoms with E-state index in [0.29, 0.717) is 11.6 Å². The van der Waals surface area contributed by atoms with Gasteiger partial charge in [0.2, 0.25) is 5.88 Å². The largest absolute Gasteiger partial charge is 0.438 e. The lowest BCUT2D eigenvalue weighted by Crippen LogP contribution is -2.13. The second kappa shape index (κ2) is 8.90. The lowest BCUT2D eigenvalue weighted by atomic mass is 10.2. The number of ether oxygens (including phenoxy) is 1. The maximum absolute atomic E-state index is 12.6. The number of rotatable bonds is 7. The van der Waals surface area contributed by atoms with Crippen LogP contribution in [0.2, 0.25) is 0 Å². The van der Waals surface area contributed by atoms with E-state index >= 15 is 0 Å². The van der Waals surface area contributed by atoms with Gasteiger partial charge in [-0.25, -0.2) is 13.1 Å². The molecule has 0 unspecified atom stereocenters. The molecule has 0 bridgehead atoms. The quantitative estimate of drug-likeness (QED) is 0.308. The molecule has 1 N–H and O–H groups in total. The van der Waals surface area contributed by atoms with Crippen LogP contribution in [0.3, 0.4) is 0 Å². The van der Waals surface area contributed by atoms with Crippen LogP contribution in [0.1, 0.15) is 17.0 Å². The highest BCUT2D eigenvalue weighted by atomic mass is 32.2. The van der Waals surface area contributed by atoms with E-state index in [2.05, 4.69) is 20.0 Å². The summed E-state index contributed by atoms with van der Waals surface area (Å²) < 4.78 is 34.9. The predicted octanol–water partition coefficient (Wildman–Crippen LogP) is 4.09. The summed E-state index contributed by atoms with van der Waals surface area (Å²) in [7, 11) is -4.00. The Balaban J connectivity index is 1.45. The number of hydrogen-bond donors (Lipinski definition) is 1. The third-order valence-electron chi connectivity index (χ3n) is 5.16. The van der Waals surface area contributed by atoms with E-state index in [1.54, 1.807) is 28.9 Å². The fraction of sp³-hybridized carbons (Fsp3) is 0.136. The molecule has 0 aliphatic carbocycles. The van der Waals surface area contributed by atoms with Crippen LogP contribution in [-0.2, 0) is 10.0 Å². The molecule has 12 heteroatoms. The summed E-state index contributed by atoms with van der Waals surface area (Å²) in [6.07, 6.45) is 0. The van der Waals surface area contributed by atoms with Gasteiger partial charge in [-0.3, -0.25) is 14.8 Å². The molecule has 2 aromatic heterocycles. The maximum Gasteiger partial charge on any atom is 0.270 e. The molecule has 0 spiro atoms. The molecule has 0 saturated carbocycles. The molecule has 11 nitrogen and oxygen atoms in total. The number of anilines is 1. The van der Waals surface area contributed by atoms with Crippen molar-refractivity contribution in [2.24, 2.45) is 0 Å². The number of aromatic nitrogens is 4. The van der Waals surface area contributed by atoms with Crippen molar-refractivity contribution < 1.29 is 18.1 Å². The summed E-state index contributed by atoms with van der Waals surface area (Å²) in [5.41, 5.74) is 2.93. The van der Waals surface area contributed by atoms with Crippen LogP contribution in [-0.4, -0.2) is 33.3 Å². The third kappa shape index (κ3) is 4.71. The van der Waals surface area contributed by atoms with Crippen LogP contribution >= 0.6 is 0 Å². The van der Waals surface area contributed by atoms with Crippen LogP contribution < -0.4 is 9.46 Å². The molecule has 0 saturated heterocycles. The van der Waals surface area contributed by atoms with Gasteiger partial charge < -0.3 is 4.74 Å². The van der Waals surface area contributed by atoms with Crippen molar-refractivity contribution >= 4 is 21.4 Å². The minimum Gasteiger partial charge on any atom is -0.438 e. The van der Waals surface area contributed by atoms with Crippen molar-refractivity contribution in [2.45, 2.75) is 25.7 Å². The van der Waals surface area contributed by atoms with Crippen LogP contribution in [0, 0.1) is 30.9 Å². The first-order chi connectivity index (χ1) is 16.1. The Hall–Kier alpha value is -4.32. The number of nitrogens with zero attached hydrogens (tertiary/aromatic N) is 5. The summed E-state index contributed by atoms with van der Waals surface area (Å²) in [5.74, 6) is 1.24. The number of nitro benzene ring substituents is 1. The molecule has 174 valence electrons. The van der Waals surface area contributed by atoms with Crippen molar-refractivity contribution in [3.63, 3.8) is 0 Å². The molecule has 0 aliphatic heterocycles. The molecule has 4 rings (SSSR count). The van der Waals surface area contributed by atoms with Crippen LogP contribution in [0.5, 0.6) is 11.6 Å². The average Bonchev–Trinajstić information content (AvgIpc) is 3.08. The highest BCUT2D eigenvalue weighted by Gasteiger charge is 2.18. The monoisotopic (exact) mass is 480 g/mol. The van der Waals surface area contributed by atoms with Gasteiger partial charge in [-0.15, -0.1) is 10.2 Å². The summed E-state index contributed by atoms with van der Waals surface area (Å²) in [6, 6.07) is 14.3. The molecular formula is C22H20N6O5S. The van der Waals surface area contributed by atoms with E-state index in [1.165, 1.54) is 30.3 Å². The van der Waals surface area contributed by atoms with Crippen molar-refractivity contribution in [1.82, 2.24) is 20.0 Å². The Morgan fingerprint density at radius 2 is 1.74 bits per heavy atom. The molecular weight excluding hydrogens is 460 g/mol. The van der Waals surface area contributed by atoms with Gasteiger partial charge in [0.05, 0.1) is 15.5 Å². The molecule has 0 aliphatic rings. The Kier molecular flexibility index (Phi) is 5.99. The maximum atomic E-state index is 12.6. The zero-order chi connectivity index (χ0) is 24.5. The molecule has 0 fully saturated rings. The van der Waals surface area contributed by atoms with Gasteiger partial charge in [0.15, 0.2) is 5.82 Å². The number of aryl methyl sites for hydroxylation is 1. The van der Waals surface area contributed by atoms with Gasteiger partial charge in [-0.05, 0) is 62.7 Å². The van der Waals surface area contributed by atoms with Crippen molar-refractivity contribution in [3.05, 3.63) is 87.7 Å². The second-order valence-electron chi connectivity index (χ2n) is 7.42. The normalized spacial score (nSPS) is 11.3. The summed E-state index contributed by atoms with van der Waals surface area (Å²) in [4.78, 5) is 10.0. The van der Waals surface area contributed by atoms with Crippen molar-refractivity contribution in [1.29, 1.82) is 0 Å². The Bertz CT molecular complexity index is 1460. The zero-order valence-corrected chi connectivity index (χ0v) is 19.3. The topological polar surface area (TPSA) is 142 Å². The van der Waals surface area contributed by atoms with Crippen LogP contribution in [0.25, 0.3) is 5.82 Å². The van der Waals surface area contributed by atoms with Crippen molar-refractivity contribution in [2.75, 3.05) is 4.72 Å². The molecule has 0 amide bonds. The molecule has 2 heterocycles. The number of hydrogen-bond acceptors (Lipinski definition) is 8. The summed E-state index contributed by atoms with van der Waals surface area (Å²) in [5, 5.41) is 23.6. The fourth-order valence-electron chi connectivity index (χ4n) is 3.11. The second-order valence-corrected chi connectivity index (χ2v) is 9.11. The third-order valence-corrected chi connectivity index (χ3v) is 6.54. The zero-order valence-electron chi connectivity index (χ0n) is 18.5. The van der Waals surface area contributed by atoms with Crippen molar-refractivity contribution in [3.8, 4) is 17.4 Å². The standard InChI is InChI=1S/C22H20N6O5S/c1-14-15(2)25-27(16(14)3)21-11-12-22(24-23-21)33-19-9-7-17(8-10-19)26-34(31,32)20-6-4-5-18(13-20)28(29)30/h4-13,26H,1-3H3. The first-order valence-electron chi connectivity index (χ1n) is 10.1. The predicted molar refractivity (Wildman–Crippen MR) is 124 cm³/mol. The Morgan fingerprint density at radius 1 is 1.00 bits per heavy atom. The van der Waals surface area contributed by atoms with Gasteiger partial charge in [-0.1, -0.05) is 6.07 Å². The molecule has 34 heavy (non-hydrogen) atoms. The highest BCUT2D eigenvalue weighted by molar-refractivity contribution is 7.92. The summed E-state index contributed by atoms with van der Waals surface area (Å²) >= 11 is 0. The van der Waals surface area contributed by atoms with Gasteiger partial charge in [-0.2, -0.15) is 5.10 Å². The number of nitrogens with one attached hydrogen (secondary N) is 1. The molecule has 0 atom stereocenters. The molecule has 2 aromatic carbocycles. The van der Waals surface area contributed by atoms with E-state index in [4.69, 9.17) is 4.74 Å². The number of sulfonamides is 1. The van der Waals surface area contributed by atoms with E-state index in [1.807, 2.05) is 20.8 Å². The Labute approximate surface area is 195 Å². The van der Waals surface area contributed by atoms with E-state index < -0.39 is 14.9 Å². The van der Waals surface area contributed by atoms with Gasteiger partial charge >= 0.3 is 0 Å². The van der Waals surface area contributed by atoms with Gasteiger partial charge in [0.1, 0.15) is 5.75 Å². The van der Waals surface area contributed by atoms with Gasteiger partial charge in [0, 0.05) is 29.6 Å². The Morgan fingerprint density at radius 3 is 2.32 bits per heavy atom. The number of nitro groups is 1. The number of benzene rings is 2. The molecule has 0 radical (unpaired) electrons. The van der Waals surface area contributed by atoms with Crippen LogP contribution in [0.4, 0.5) is 11.4 Å². The average molecular weight is 481 g/mol. The van der Waals surface area contributed by atoms with E-state index in [-0.39, 0.29) is 22.2 Å². The minimum absolute atomic E-state index is 0.213.